The van der Waals surface area contributed by atoms with Crippen LogP contribution >= 0.6 is 0 Å². The van der Waals surface area contributed by atoms with Crippen LogP contribution in [0, 0.1) is 6.92 Å². The molecule has 0 radical (unpaired) electrons. The summed E-state index contributed by atoms with van der Waals surface area (Å²) in [6.07, 6.45) is 0.522. The summed E-state index contributed by atoms with van der Waals surface area (Å²) in [6, 6.07) is 7.77. The Hall–Kier alpha value is -1.31. The molecule has 1 amide bonds. The number of anilines is 1. The Labute approximate surface area is 86.3 Å². The summed E-state index contributed by atoms with van der Waals surface area (Å²) in [7, 11) is 0. The maximum Gasteiger partial charge on any atom is 0.224 e. The second kappa shape index (κ2) is 7.13. The lowest BCUT2D eigenvalue weighted by Gasteiger charge is -2.03. The summed E-state index contributed by atoms with van der Waals surface area (Å²) in [5.74, 6) is 0.0561. The quantitative estimate of drug-likeness (QED) is 0.766. The molecule has 0 aliphatic carbocycles. The molecule has 2 nitrogen and oxygen atoms in total. The first-order valence-corrected chi connectivity index (χ1v) is 5.09. The molecule has 14 heavy (non-hydrogen) atoms. The van der Waals surface area contributed by atoms with Crippen molar-refractivity contribution in [3.63, 3.8) is 0 Å². The van der Waals surface area contributed by atoms with Crippen LogP contribution in [0.4, 0.5) is 5.69 Å². The first-order chi connectivity index (χ1) is 6.72. The molecule has 78 valence electrons. The van der Waals surface area contributed by atoms with Gasteiger partial charge in [0.25, 0.3) is 0 Å². The maximum atomic E-state index is 11.0. The second-order valence-electron chi connectivity index (χ2n) is 2.77. The smallest absolute Gasteiger partial charge is 0.224 e. The van der Waals surface area contributed by atoms with Crippen LogP contribution in [0.15, 0.2) is 24.3 Å². The van der Waals surface area contributed by atoms with Gasteiger partial charge in [0.05, 0.1) is 0 Å². The van der Waals surface area contributed by atoms with E-state index in [1.165, 1.54) is 0 Å². The summed E-state index contributed by atoms with van der Waals surface area (Å²) >= 11 is 0. The number of nitrogens with one attached hydrogen (secondary N) is 1. The lowest BCUT2D eigenvalue weighted by Crippen LogP contribution is -2.09. The Morgan fingerprint density at radius 1 is 1.36 bits per heavy atom. The highest BCUT2D eigenvalue weighted by Crippen LogP contribution is 2.09. The molecule has 0 aromatic heterocycles. The van der Waals surface area contributed by atoms with E-state index in [1.54, 1.807) is 0 Å². The standard InChI is InChI=1S/C10H13NO.C2H6/c1-3-10(12)11-9-6-4-5-8(2)7-9;1-2/h4-7H,3H2,1-2H3,(H,11,12);1-2H3. The van der Waals surface area contributed by atoms with Gasteiger partial charge < -0.3 is 5.32 Å². The number of hydrogen-bond acceptors (Lipinski definition) is 1. The van der Waals surface area contributed by atoms with Gasteiger partial charge in [-0.25, -0.2) is 0 Å². The van der Waals surface area contributed by atoms with Gasteiger partial charge in [0.15, 0.2) is 0 Å². The van der Waals surface area contributed by atoms with Crippen LogP contribution in [0.25, 0.3) is 0 Å². The molecule has 1 aromatic rings. The molecular formula is C12H19NO. The number of hydrogen-bond donors (Lipinski definition) is 1. The summed E-state index contributed by atoms with van der Waals surface area (Å²) in [5, 5.41) is 2.79. The molecule has 0 saturated heterocycles. The van der Waals surface area contributed by atoms with E-state index < -0.39 is 0 Å². The molecule has 0 unspecified atom stereocenters. The highest BCUT2D eigenvalue weighted by atomic mass is 16.1. The van der Waals surface area contributed by atoms with E-state index in [0.29, 0.717) is 6.42 Å². The van der Waals surface area contributed by atoms with Gasteiger partial charge in [-0.15, -0.1) is 0 Å². The van der Waals surface area contributed by atoms with Crippen molar-refractivity contribution in [2.24, 2.45) is 0 Å². The minimum atomic E-state index is 0.0561. The van der Waals surface area contributed by atoms with E-state index >= 15 is 0 Å². The van der Waals surface area contributed by atoms with E-state index in [1.807, 2.05) is 52.0 Å². The number of carbonyl (C=O) groups is 1. The van der Waals surface area contributed by atoms with Crippen molar-refractivity contribution in [2.45, 2.75) is 34.1 Å². The Bertz CT molecular complexity index is 281. The molecule has 0 spiro atoms. The minimum Gasteiger partial charge on any atom is -0.326 e. The monoisotopic (exact) mass is 193 g/mol. The van der Waals surface area contributed by atoms with Gasteiger partial charge in [-0.3, -0.25) is 4.79 Å². The molecule has 0 heterocycles. The molecule has 0 fully saturated rings. The third kappa shape index (κ3) is 4.65. The van der Waals surface area contributed by atoms with Crippen LogP contribution in [0.5, 0.6) is 0 Å². The van der Waals surface area contributed by atoms with Crippen LogP contribution in [-0.4, -0.2) is 5.91 Å². The molecular weight excluding hydrogens is 174 g/mol. The SMILES string of the molecule is CC.CCC(=O)Nc1cccc(C)c1. The van der Waals surface area contributed by atoms with Crippen molar-refractivity contribution in [3.05, 3.63) is 29.8 Å². The predicted molar refractivity (Wildman–Crippen MR) is 61.4 cm³/mol. The first kappa shape index (κ1) is 12.7. The summed E-state index contributed by atoms with van der Waals surface area (Å²) in [5.41, 5.74) is 2.03. The number of rotatable bonds is 2. The third-order valence-corrected chi connectivity index (χ3v) is 1.62. The fourth-order valence-electron chi connectivity index (χ4n) is 0.972. The third-order valence-electron chi connectivity index (χ3n) is 1.62. The topological polar surface area (TPSA) is 29.1 Å². The Morgan fingerprint density at radius 2 is 2.00 bits per heavy atom. The molecule has 0 saturated carbocycles. The average molecular weight is 193 g/mol. The zero-order valence-electron chi connectivity index (χ0n) is 9.42. The van der Waals surface area contributed by atoms with E-state index in [0.717, 1.165) is 11.3 Å². The highest BCUT2D eigenvalue weighted by molar-refractivity contribution is 5.90. The van der Waals surface area contributed by atoms with E-state index in [-0.39, 0.29) is 5.91 Å². The lowest BCUT2D eigenvalue weighted by atomic mass is 10.2. The molecule has 0 atom stereocenters. The van der Waals surface area contributed by atoms with E-state index in [9.17, 15) is 4.79 Å². The van der Waals surface area contributed by atoms with Crippen LogP contribution in [0.2, 0.25) is 0 Å². The van der Waals surface area contributed by atoms with Crippen molar-refractivity contribution in [1.82, 2.24) is 0 Å². The number of benzene rings is 1. The molecule has 0 aliphatic rings. The number of amides is 1. The van der Waals surface area contributed by atoms with Crippen molar-refractivity contribution in [1.29, 1.82) is 0 Å². The molecule has 1 aromatic carbocycles. The van der Waals surface area contributed by atoms with Crippen molar-refractivity contribution in [3.8, 4) is 0 Å². The number of aryl methyl sites for hydroxylation is 1. The summed E-state index contributed by atoms with van der Waals surface area (Å²) in [6.45, 7) is 7.84. The Balaban J connectivity index is 0.000000791. The van der Waals surface area contributed by atoms with Crippen LogP contribution in [0.3, 0.4) is 0 Å². The largest absolute Gasteiger partial charge is 0.326 e. The number of carbonyl (C=O) groups excluding carboxylic acids is 1. The normalized spacial score (nSPS) is 8.57. The van der Waals surface area contributed by atoms with Crippen LogP contribution in [0.1, 0.15) is 32.8 Å². The molecule has 1 rings (SSSR count). The fourth-order valence-corrected chi connectivity index (χ4v) is 0.972. The molecule has 2 heteroatoms. The molecule has 1 N–H and O–H groups in total. The average Bonchev–Trinajstić information content (AvgIpc) is 2.21. The van der Waals surface area contributed by atoms with Crippen LogP contribution in [-0.2, 0) is 4.79 Å². The van der Waals surface area contributed by atoms with Gasteiger partial charge in [-0.05, 0) is 24.6 Å². The first-order valence-electron chi connectivity index (χ1n) is 5.09. The Kier molecular flexibility index (Phi) is 6.46. The van der Waals surface area contributed by atoms with Gasteiger partial charge in [0.2, 0.25) is 5.91 Å². The highest BCUT2D eigenvalue weighted by Gasteiger charge is 1.97. The van der Waals surface area contributed by atoms with Crippen molar-refractivity contribution < 1.29 is 4.79 Å². The fraction of sp³-hybridized carbons (Fsp3) is 0.417. The minimum absolute atomic E-state index is 0.0561. The molecule has 0 bridgehead atoms. The van der Waals surface area contributed by atoms with Crippen LogP contribution < -0.4 is 5.32 Å². The van der Waals surface area contributed by atoms with E-state index in [4.69, 9.17) is 0 Å². The summed E-state index contributed by atoms with van der Waals surface area (Å²) < 4.78 is 0. The van der Waals surface area contributed by atoms with Crippen molar-refractivity contribution >= 4 is 11.6 Å². The molecule has 0 aliphatic heterocycles. The zero-order chi connectivity index (χ0) is 11.0. The summed E-state index contributed by atoms with van der Waals surface area (Å²) in [4.78, 5) is 11.0. The predicted octanol–water partition coefficient (Wildman–Crippen LogP) is 3.37. The lowest BCUT2D eigenvalue weighted by molar-refractivity contribution is -0.115. The van der Waals surface area contributed by atoms with Gasteiger partial charge in [0.1, 0.15) is 0 Å². The van der Waals surface area contributed by atoms with E-state index in [2.05, 4.69) is 5.32 Å². The maximum absolute atomic E-state index is 11.0. The van der Waals surface area contributed by atoms with Gasteiger partial charge in [0, 0.05) is 12.1 Å². The zero-order valence-corrected chi connectivity index (χ0v) is 9.42. The Morgan fingerprint density at radius 3 is 2.50 bits per heavy atom. The van der Waals surface area contributed by atoms with Gasteiger partial charge in [-0.1, -0.05) is 32.9 Å². The van der Waals surface area contributed by atoms with Gasteiger partial charge in [-0.2, -0.15) is 0 Å². The van der Waals surface area contributed by atoms with Crippen molar-refractivity contribution in [2.75, 3.05) is 5.32 Å². The van der Waals surface area contributed by atoms with Gasteiger partial charge >= 0.3 is 0 Å². The second-order valence-corrected chi connectivity index (χ2v) is 2.77.